The molecule has 0 aliphatic carbocycles. The van der Waals surface area contributed by atoms with E-state index in [0.29, 0.717) is 24.5 Å². The molecule has 0 fully saturated rings. The molecule has 0 radical (unpaired) electrons. The topological polar surface area (TPSA) is 65.1 Å². The van der Waals surface area contributed by atoms with E-state index in [4.69, 9.17) is 10.5 Å². The van der Waals surface area contributed by atoms with Crippen molar-refractivity contribution in [2.75, 3.05) is 24.7 Å². The summed E-state index contributed by atoms with van der Waals surface area (Å²) in [7, 11) is 1.50. The van der Waals surface area contributed by atoms with Gasteiger partial charge >= 0.3 is 0 Å². The van der Waals surface area contributed by atoms with E-state index in [1.807, 2.05) is 10.8 Å². The number of anilines is 2. The zero-order valence-electron chi connectivity index (χ0n) is 10.1. The van der Waals surface area contributed by atoms with E-state index in [0.717, 1.165) is 0 Å². The van der Waals surface area contributed by atoms with Gasteiger partial charge < -0.3 is 20.4 Å². The molecular formula is C12H15FN4O. The molecule has 0 atom stereocenters. The lowest BCUT2D eigenvalue weighted by Gasteiger charge is -2.11. The van der Waals surface area contributed by atoms with Gasteiger partial charge in [0.15, 0.2) is 0 Å². The molecule has 1 aromatic heterocycles. The van der Waals surface area contributed by atoms with Crippen molar-refractivity contribution in [1.82, 2.24) is 9.55 Å². The molecule has 96 valence electrons. The van der Waals surface area contributed by atoms with Gasteiger partial charge in [-0.2, -0.15) is 0 Å². The van der Waals surface area contributed by atoms with E-state index in [1.165, 1.54) is 13.2 Å². The average molecular weight is 250 g/mol. The summed E-state index contributed by atoms with van der Waals surface area (Å²) < 4.78 is 20.6. The Labute approximate surface area is 104 Å². The van der Waals surface area contributed by atoms with Gasteiger partial charge in [0.25, 0.3) is 0 Å². The molecule has 0 amide bonds. The predicted molar refractivity (Wildman–Crippen MR) is 68.1 cm³/mol. The third-order valence-electron chi connectivity index (χ3n) is 2.56. The van der Waals surface area contributed by atoms with E-state index >= 15 is 0 Å². The van der Waals surface area contributed by atoms with Gasteiger partial charge in [-0.25, -0.2) is 9.37 Å². The molecule has 0 saturated carbocycles. The standard InChI is InChI=1S/C12H15FN4O/c1-18-12-7-11(9(13)6-10(12)14)16-3-5-17-4-2-15-8-17/h2,4,6-8,16H,3,5,14H2,1H3. The van der Waals surface area contributed by atoms with Crippen LogP contribution in [0.3, 0.4) is 0 Å². The number of halogens is 1. The van der Waals surface area contributed by atoms with E-state index in [1.54, 1.807) is 18.6 Å². The van der Waals surface area contributed by atoms with Crippen molar-refractivity contribution in [2.45, 2.75) is 6.54 Å². The monoisotopic (exact) mass is 250 g/mol. The number of benzene rings is 1. The maximum absolute atomic E-state index is 13.6. The van der Waals surface area contributed by atoms with Crippen LogP contribution in [0.15, 0.2) is 30.9 Å². The number of aromatic nitrogens is 2. The summed E-state index contributed by atoms with van der Waals surface area (Å²) >= 11 is 0. The summed E-state index contributed by atoms with van der Waals surface area (Å²) in [6, 6.07) is 2.80. The van der Waals surface area contributed by atoms with Gasteiger partial charge in [-0.3, -0.25) is 0 Å². The number of hydrogen-bond donors (Lipinski definition) is 2. The maximum Gasteiger partial charge on any atom is 0.148 e. The molecule has 2 rings (SSSR count). The molecule has 1 heterocycles. The summed E-state index contributed by atoms with van der Waals surface area (Å²) in [5.74, 6) is 0.0699. The van der Waals surface area contributed by atoms with Crippen LogP contribution >= 0.6 is 0 Å². The third-order valence-corrected chi connectivity index (χ3v) is 2.56. The van der Waals surface area contributed by atoms with E-state index < -0.39 is 0 Å². The number of rotatable bonds is 5. The molecule has 0 aliphatic heterocycles. The SMILES string of the molecule is COc1cc(NCCn2ccnc2)c(F)cc1N. The van der Waals surface area contributed by atoms with Gasteiger partial charge in [0, 0.05) is 37.6 Å². The molecule has 1 aromatic carbocycles. The van der Waals surface area contributed by atoms with Gasteiger partial charge in [-0.15, -0.1) is 0 Å². The van der Waals surface area contributed by atoms with Crippen molar-refractivity contribution in [3.8, 4) is 5.75 Å². The van der Waals surface area contributed by atoms with Gasteiger partial charge in [0.2, 0.25) is 0 Å². The number of methoxy groups -OCH3 is 1. The van der Waals surface area contributed by atoms with Crippen LogP contribution in [0.4, 0.5) is 15.8 Å². The maximum atomic E-state index is 13.6. The Balaban J connectivity index is 2.00. The van der Waals surface area contributed by atoms with Crippen LogP contribution in [0.2, 0.25) is 0 Å². The van der Waals surface area contributed by atoms with Crippen molar-refractivity contribution in [3.63, 3.8) is 0 Å². The second-order valence-corrected chi connectivity index (χ2v) is 3.80. The quantitative estimate of drug-likeness (QED) is 0.793. The Morgan fingerprint density at radius 3 is 3.00 bits per heavy atom. The Bertz CT molecular complexity index is 513. The molecule has 2 aromatic rings. The second kappa shape index (κ2) is 5.39. The zero-order chi connectivity index (χ0) is 13.0. The fraction of sp³-hybridized carbons (Fsp3) is 0.250. The van der Waals surface area contributed by atoms with Crippen LogP contribution in [-0.4, -0.2) is 23.2 Å². The fourth-order valence-electron chi connectivity index (χ4n) is 1.62. The number of nitrogens with zero attached hydrogens (tertiary/aromatic N) is 2. The van der Waals surface area contributed by atoms with Crippen molar-refractivity contribution >= 4 is 11.4 Å². The Morgan fingerprint density at radius 2 is 2.33 bits per heavy atom. The predicted octanol–water partition coefficient (Wildman–Crippen LogP) is 1.73. The first-order chi connectivity index (χ1) is 8.70. The van der Waals surface area contributed by atoms with Crippen LogP contribution in [0.25, 0.3) is 0 Å². The molecule has 0 unspecified atom stereocenters. The van der Waals surface area contributed by atoms with Gasteiger partial charge in [0.1, 0.15) is 11.6 Å². The highest BCUT2D eigenvalue weighted by Crippen LogP contribution is 2.27. The second-order valence-electron chi connectivity index (χ2n) is 3.80. The Kier molecular flexibility index (Phi) is 3.66. The zero-order valence-corrected chi connectivity index (χ0v) is 10.1. The molecule has 6 heteroatoms. The molecule has 0 spiro atoms. The Morgan fingerprint density at radius 1 is 1.50 bits per heavy atom. The minimum Gasteiger partial charge on any atom is -0.495 e. The van der Waals surface area contributed by atoms with Crippen molar-refractivity contribution in [2.24, 2.45) is 0 Å². The average Bonchev–Trinajstić information content (AvgIpc) is 2.85. The van der Waals surface area contributed by atoms with Crippen LogP contribution in [-0.2, 0) is 6.54 Å². The van der Waals surface area contributed by atoms with E-state index in [9.17, 15) is 4.39 Å². The van der Waals surface area contributed by atoms with E-state index in [2.05, 4.69) is 10.3 Å². The molecule has 3 N–H and O–H groups in total. The molecule has 0 aliphatic rings. The number of nitrogen functional groups attached to an aromatic ring is 1. The van der Waals surface area contributed by atoms with Crippen molar-refractivity contribution in [1.29, 1.82) is 0 Å². The summed E-state index contributed by atoms with van der Waals surface area (Å²) in [4.78, 5) is 3.93. The minimum atomic E-state index is -0.390. The first kappa shape index (κ1) is 12.2. The van der Waals surface area contributed by atoms with Crippen LogP contribution in [0.1, 0.15) is 0 Å². The summed E-state index contributed by atoms with van der Waals surface area (Å²) in [6.07, 6.45) is 5.26. The van der Waals surface area contributed by atoms with Gasteiger partial charge in [-0.05, 0) is 0 Å². The number of hydrogen-bond acceptors (Lipinski definition) is 4. The number of ether oxygens (including phenoxy) is 1. The van der Waals surface area contributed by atoms with Crippen LogP contribution in [0.5, 0.6) is 5.75 Å². The molecule has 18 heavy (non-hydrogen) atoms. The normalized spacial score (nSPS) is 10.3. The first-order valence-corrected chi connectivity index (χ1v) is 5.53. The summed E-state index contributed by atoms with van der Waals surface area (Å²) in [5.41, 5.74) is 6.26. The first-order valence-electron chi connectivity index (χ1n) is 5.53. The summed E-state index contributed by atoms with van der Waals surface area (Å²) in [5, 5.41) is 2.99. The molecule has 0 saturated heterocycles. The molecule has 5 nitrogen and oxygen atoms in total. The summed E-state index contributed by atoms with van der Waals surface area (Å²) in [6.45, 7) is 1.28. The highest BCUT2D eigenvalue weighted by molar-refractivity contribution is 5.62. The largest absolute Gasteiger partial charge is 0.495 e. The van der Waals surface area contributed by atoms with Crippen molar-refractivity contribution < 1.29 is 9.13 Å². The lowest BCUT2D eigenvalue weighted by atomic mass is 10.2. The fourth-order valence-corrected chi connectivity index (χ4v) is 1.62. The Hall–Kier alpha value is -2.24. The van der Waals surface area contributed by atoms with E-state index in [-0.39, 0.29) is 11.5 Å². The van der Waals surface area contributed by atoms with Gasteiger partial charge in [-0.1, -0.05) is 0 Å². The van der Waals surface area contributed by atoms with Crippen LogP contribution < -0.4 is 15.8 Å². The molecule has 0 bridgehead atoms. The lowest BCUT2D eigenvalue weighted by molar-refractivity contribution is 0.416. The van der Waals surface area contributed by atoms with Crippen molar-refractivity contribution in [3.05, 3.63) is 36.7 Å². The van der Waals surface area contributed by atoms with Gasteiger partial charge in [0.05, 0.1) is 24.8 Å². The lowest BCUT2D eigenvalue weighted by Crippen LogP contribution is -2.10. The highest BCUT2D eigenvalue weighted by atomic mass is 19.1. The number of nitrogens with two attached hydrogens (primary N) is 1. The molecular weight excluding hydrogens is 235 g/mol. The number of nitrogens with one attached hydrogen (secondary N) is 1. The smallest absolute Gasteiger partial charge is 0.148 e. The highest BCUT2D eigenvalue weighted by Gasteiger charge is 2.07. The number of imidazole rings is 1. The van der Waals surface area contributed by atoms with Crippen LogP contribution in [0, 0.1) is 5.82 Å². The minimum absolute atomic E-state index is 0.287. The third kappa shape index (κ3) is 2.71.